The van der Waals surface area contributed by atoms with E-state index in [0.717, 1.165) is 17.8 Å². The number of hydrogen-bond acceptors (Lipinski definition) is 3. The van der Waals surface area contributed by atoms with Crippen LogP contribution in [0.3, 0.4) is 0 Å². The van der Waals surface area contributed by atoms with E-state index in [4.69, 9.17) is 0 Å². The minimum Gasteiger partial charge on any atom is -0.373 e. The van der Waals surface area contributed by atoms with Gasteiger partial charge in [0.2, 0.25) is 0 Å². The Kier molecular flexibility index (Phi) is 4.54. The lowest BCUT2D eigenvalue weighted by molar-refractivity contribution is 0.613. The second-order valence-electron chi connectivity index (χ2n) is 4.47. The minimum atomic E-state index is -0.325. The topological polar surface area (TPSA) is 38.1 Å². The number of nitrogens with zero attached hydrogens (tertiary/aromatic N) is 3. The quantitative estimate of drug-likeness (QED) is 0.859. The van der Waals surface area contributed by atoms with Crippen LogP contribution in [0.1, 0.15) is 12.5 Å². The number of aromatic nitrogens is 2. The van der Waals surface area contributed by atoms with E-state index in [-0.39, 0.29) is 11.4 Å². The Bertz CT molecular complexity index is 672. The highest BCUT2D eigenvalue weighted by Crippen LogP contribution is 2.17. The summed E-state index contributed by atoms with van der Waals surface area (Å²) in [5, 5.41) is 4.15. The standard InChI is InChI=1S/C14H15BrFN3O/c1-3-18(2)11-7-14(20)19(17-8-11)9-10-4-5-13(16)12(15)6-10/h4-8H,3,9H2,1-2H3. The highest BCUT2D eigenvalue weighted by atomic mass is 79.9. The summed E-state index contributed by atoms with van der Waals surface area (Å²) in [5.41, 5.74) is 1.42. The average Bonchev–Trinajstić information content (AvgIpc) is 2.44. The lowest BCUT2D eigenvalue weighted by Crippen LogP contribution is -2.26. The second-order valence-corrected chi connectivity index (χ2v) is 5.33. The van der Waals surface area contributed by atoms with Gasteiger partial charge in [-0.1, -0.05) is 6.07 Å². The maximum absolute atomic E-state index is 13.2. The molecule has 20 heavy (non-hydrogen) atoms. The molecule has 2 rings (SSSR count). The zero-order valence-corrected chi connectivity index (χ0v) is 12.9. The number of benzene rings is 1. The summed E-state index contributed by atoms with van der Waals surface area (Å²) in [4.78, 5) is 13.9. The third-order valence-electron chi connectivity index (χ3n) is 3.09. The highest BCUT2D eigenvalue weighted by molar-refractivity contribution is 9.10. The monoisotopic (exact) mass is 339 g/mol. The van der Waals surface area contributed by atoms with Gasteiger partial charge in [0.05, 0.1) is 22.9 Å². The van der Waals surface area contributed by atoms with Gasteiger partial charge in [0.15, 0.2) is 0 Å². The summed E-state index contributed by atoms with van der Waals surface area (Å²) >= 11 is 3.13. The van der Waals surface area contributed by atoms with Crippen LogP contribution >= 0.6 is 15.9 Å². The van der Waals surface area contributed by atoms with E-state index in [1.54, 1.807) is 24.4 Å². The van der Waals surface area contributed by atoms with E-state index in [2.05, 4.69) is 21.0 Å². The van der Waals surface area contributed by atoms with Gasteiger partial charge in [0.25, 0.3) is 5.56 Å². The summed E-state index contributed by atoms with van der Waals surface area (Å²) in [7, 11) is 1.90. The van der Waals surface area contributed by atoms with Gasteiger partial charge in [-0.25, -0.2) is 9.07 Å². The molecule has 0 saturated heterocycles. The largest absolute Gasteiger partial charge is 0.373 e. The van der Waals surface area contributed by atoms with Gasteiger partial charge in [-0.15, -0.1) is 0 Å². The lowest BCUT2D eigenvalue weighted by atomic mass is 10.2. The average molecular weight is 340 g/mol. The number of rotatable bonds is 4. The van der Waals surface area contributed by atoms with Crippen molar-refractivity contribution in [3.63, 3.8) is 0 Å². The molecular weight excluding hydrogens is 325 g/mol. The van der Waals surface area contributed by atoms with E-state index in [1.165, 1.54) is 10.7 Å². The van der Waals surface area contributed by atoms with Crippen molar-refractivity contribution in [2.45, 2.75) is 13.5 Å². The van der Waals surface area contributed by atoms with E-state index < -0.39 is 0 Å². The number of anilines is 1. The van der Waals surface area contributed by atoms with Gasteiger partial charge in [0, 0.05) is 19.7 Å². The number of hydrogen-bond donors (Lipinski definition) is 0. The van der Waals surface area contributed by atoms with Crippen LogP contribution in [0.25, 0.3) is 0 Å². The van der Waals surface area contributed by atoms with Gasteiger partial charge in [-0.05, 0) is 40.5 Å². The molecule has 0 aliphatic heterocycles. The normalized spacial score (nSPS) is 10.6. The zero-order chi connectivity index (χ0) is 14.7. The molecule has 1 aromatic heterocycles. The predicted molar refractivity (Wildman–Crippen MR) is 80.6 cm³/mol. The molecule has 0 N–H and O–H groups in total. The molecule has 0 atom stereocenters. The van der Waals surface area contributed by atoms with Crippen LogP contribution in [0.5, 0.6) is 0 Å². The molecule has 0 amide bonds. The maximum Gasteiger partial charge on any atom is 0.269 e. The Morgan fingerprint density at radius 3 is 2.75 bits per heavy atom. The van der Waals surface area contributed by atoms with Crippen LogP contribution in [-0.2, 0) is 6.54 Å². The summed E-state index contributed by atoms with van der Waals surface area (Å²) in [6, 6.07) is 6.20. The van der Waals surface area contributed by atoms with Gasteiger partial charge >= 0.3 is 0 Å². The fourth-order valence-electron chi connectivity index (χ4n) is 1.75. The van der Waals surface area contributed by atoms with Gasteiger partial charge in [-0.2, -0.15) is 5.10 Å². The van der Waals surface area contributed by atoms with Crippen LogP contribution in [0, 0.1) is 5.82 Å². The van der Waals surface area contributed by atoms with E-state index in [0.29, 0.717) is 11.0 Å². The van der Waals surface area contributed by atoms with Crippen molar-refractivity contribution in [1.82, 2.24) is 9.78 Å². The van der Waals surface area contributed by atoms with Crippen LogP contribution < -0.4 is 10.5 Å². The minimum absolute atomic E-state index is 0.178. The fourth-order valence-corrected chi connectivity index (χ4v) is 2.17. The summed E-state index contributed by atoms with van der Waals surface area (Å²) in [6.45, 7) is 3.12. The van der Waals surface area contributed by atoms with Gasteiger partial charge in [0.1, 0.15) is 5.82 Å². The summed E-state index contributed by atoms with van der Waals surface area (Å²) < 4.78 is 14.9. The SMILES string of the molecule is CCN(C)c1cnn(Cc2ccc(F)c(Br)c2)c(=O)c1. The molecule has 0 saturated carbocycles. The maximum atomic E-state index is 13.2. The lowest BCUT2D eigenvalue weighted by Gasteiger charge is -2.16. The molecule has 0 bridgehead atoms. The van der Waals surface area contributed by atoms with Crippen molar-refractivity contribution in [1.29, 1.82) is 0 Å². The first kappa shape index (κ1) is 14.7. The first-order chi connectivity index (χ1) is 9.51. The summed E-state index contributed by atoms with van der Waals surface area (Å²) in [5.74, 6) is -0.325. The molecule has 0 unspecified atom stereocenters. The van der Waals surface area contributed by atoms with Crippen molar-refractivity contribution in [2.24, 2.45) is 0 Å². The molecule has 4 nitrogen and oxygen atoms in total. The zero-order valence-electron chi connectivity index (χ0n) is 11.3. The van der Waals surface area contributed by atoms with Crippen LogP contribution in [0.2, 0.25) is 0 Å². The predicted octanol–water partition coefficient (Wildman–Crippen LogP) is 2.65. The second kappa shape index (κ2) is 6.17. The third kappa shape index (κ3) is 3.25. The van der Waals surface area contributed by atoms with Crippen LogP contribution in [-0.4, -0.2) is 23.4 Å². The molecule has 106 valence electrons. The third-order valence-corrected chi connectivity index (χ3v) is 3.69. The van der Waals surface area contributed by atoms with Gasteiger partial charge in [-0.3, -0.25) is 4.79 Å². The first-order valence-corrected chi connectivity index (χ1v) is 7.02. The Morgan fingerprint density at radius 1 is 1.40 bits per heavy atom. The molecule has 2 aromatic rings. The highest BCUT2D eigenvalue weighted by Gasteiger charge is 2.06. The Balaban J connectivity index is 2.25. The van der Waals surface area contributed by atoms with Crippen molar-refractivity contribution >= 4 is 21.6 Å². The van der Waals surface area contributed by atoms with Crippen molar-refractivity contribution in [3.05, 3.63) is 56.7 Å². The van der Waals surface area contributed by atoms with Gasteiger partial charge < -0.3 is 4.90 Å². The van der Waals surface area contributed by atoms with Crippen LogP contribution in [0.15, 0.2) is 39.7 Å². The molecule has 0 aliphatic carbocycles. The molecule has 0 aliphatic rings. The van der Waals surface area contributed by atoms with Crippen molar-refractivity contribution < 1.29 is 4.39 Å². The van der Waals surface area contributed by atoms with E-state index >= 15 is 0 Å². The molecule has 0 spiro atoms. The molecule has 0 radical (unpaired) electrons. The smallest absolute Gasteiger partial charge is 0.269 e. The molecule has 6 heteroatoms. The molecular formula is C14H15BrFN3O. The Labute approximate surface area is 125 Å². The Morgan fingerprint density at radius 2 is 2.15 bits per heavy atom. The summed E-state index contributed by atoms with van der Waals surface area (Å²) in [6.07, 6.45) is 1.66. The van der Waals surface area contributed by atoms with Crippen molar-refractivity contribution in [2.75, 3.05) is 18.5 Å². The van der Waals surface area contributed by atoms with Crippen molar-refractivity contribution in [3.8, 4) is 0 Å². The molecule has 1 aromatic carbocycles. The van der Waals surface area contributed by atoms with E-state index in [9.17, 15) is 9.18 Å². The first-order valence-electron chi connectivity index (χ1n) is 6.23. The fraction of sp³-hybridized carbons (Fsp3) is 0.286. The molecule has 1 heterocycles. The molecule has 0 fully saturated rings. The van der Waals surface area contributed by atoms with E-state index in [1.807, 2.05) is 18.9 Å². The number of halogens is 2. The Hall–Kier alpha value is -1.69. The van der Waals surface area contributed by atoms with Crippen LogP contribution in [0.4, 0.5) is 10.1 Å².